The standard InChI is InChI=1S/C13H17N3O5/c1-8(12(19)16-10(7-17)13(20)21)15-11(18)6-9-2-4-14-5-3-9/h2-5,8,10,17H,6-7H2,1H3,(H,15,18)(H,16,19)(H,20,21)/t8-,10+/m0/s1. The van der Waals surface area contributed by atoms with Gasteiger partial charge in [-0.3, -0.25) is 14.6 Å². The maximum atomic E-state index is 11.7. The summed E-state index contributed by atoms with van der Waals surface area (Å²) in [5, 5.41) is 22.1. The Bertz CT molecular complexity index is 506. The van der Waals surface area contributed by atoms with Crippen molar-refractivity contribution < 1.29 is 24.6 Å². The van der Waals surface area contributed by atoms with E-state index in [1.165, 1.54) is 6.92 Å². The zero-order valence-corrected chi connectivity index (χ0v) is 11.4. The number of nitrogens with one attached hydrogen (secondary N) is 2. The van der Waals surface area contributed by atoms with E-state index in [9.17, 15) is 14.4 Å². The van der Waals surface area contributed by atoms with Crippen LogP contribution in [0.4, 0.5) is 0 Å². The predicted octanol–water partition coefficient (Wildman–Crippen LogP) is -1.31. The highest BCUT2D eigenvalue weighted by atomic mass is 16.4. The number of aliphatic carboxylic acids is 1. The number of hydrogen-bond acceptors (Lipinski definition) is 5. The van der Waals surface area contributed by atoms with Gasteiger partial charge < -0.3 is 20.8 Å². The summed E-state index contributed by atoms with van der Waals surface area (Å²) in [4.78, 5) is 37.9. The molecule has 2 amide bonds. The average molecular weight is 295 g/mol. The van der Waals surface area contributed by atoms with Crippen LogP contribution in [0.1, 0.15) is 12.5 Å². The number of aromatic nitrogens is 1. The zero-order valence-electron chi connectivity index (χ0n) is 11.4. The number of carboxylic acids is 1. The molecular formula is C13H17N3O5. The molecule has 0 aliphatic carbocycles. The van der Waals surface area contributed by atoms with Gasteiger partial charge in [0.05, 0.1) is 13.0 Å². The molecule has 1 aromatic heterocycles. The van der Waals surface area contributed by atoms with Gasteiger partial charge in [0.1, 0.15) is 12.1 Å². The van der Waals surface area contributed by atoms with Crippen LogP contribution in [0.5, 0.6) is 0 Å². The van der Waals surface area contributed by atoms with E-state index >= 15 is 0 Å². The number of nitrogens with zero attached hydrogens (tertiary/aromatic N) is 1. The zero-order chi connectivity index (χ0) is 15.8. The highest BCUT2D eigenvalue weighted by Gasteiger charge is 2.23. The molecule has 0 aliphatic rings. The van der Waals surface area contributed by atoms with E-state index in [1.807, 2.05) is 0 Å². The van der Waals surface area contributed by atoms with Crippen molar-refractivity contribution in [2.45, 2.75) is 25.4 Å². The maximum Gasteiger partial charge on any atom is 0.328 e. The fraction of sp³-hybridized carbons (Fsp3) is 0.385. The molecule has 0 radical (unpaired) electrons. The van der Waals surface area contributed by atoms with Crippen molar-refractivity contribution in [3.05, 3.63) is 30.1 Å². The molecule has 0 fully saturated rings. The fourth-order valence-electron chi connectivity index (χ4n) is 1.53. The second kappa shape index (κ2) is 7.95. The Labute approximate surface area is 121 Å². The first-order valence-electron chi connectivity index (χ1n) is 6.26. The monoisotopic (exact) mass is 295 g/mol. The number of hydrogen-bond donors (Lipinski definition) is 4. The third kappa shape index (κ3) is 5.57. The molecule has 1 aromatic rings. The first-order chi connectivity index (χ1) is 9.93. The SMILES string of the molecule is C[C@H](NC(=O)Cc1ccncc1)C(=O)N[C@H](CO)C(=O)O. The van der Waals surface area contributed by atoms with Crippen molar-refractivity contribution in [2.24, 2.45) is 0 Å². The lowest BCUT2D eigenvalue weighted by atomic mass is 10.2. The molecule has 21 heavy (non-hydrogen) atoms. The molecule has 114 valence electrons. The Morgan fingerprint density at radius 1 is 1.24 bits per heavy atom. The molecule has 0 spiro atoms. The fourth-order valence-corrected chi connectivity index (χ4v) is 1.53. The van der Waals surface area contributed by atoms with Gasteiger partial charge in [-0.05, 0) is 24.6 Å². The van der Waals surface area contributed by atoms with E-state index < -0.39 is 30.6 Å². The smallest absolute Gasteiger partial charge is 0.328 e. The Kier molecular flexibility index (Phi) is 6.28. The molecule has 0 aromatic carbocycles. The summed E-state index contributed by atoms with van der Waals surface area (Å²) in [6.07, 6.45) is 3.19. The van der Waals surface area contributed by atoms with E-state index in [4.69, 9.17) is 10.2 Å². The number of aliphatic hydroxyl groups excluding tert-OH is 1. The Morgan fingerprint density at radius 2 is 1.86 bits per heavy atom. The van der Waals surface area contributed by atoms with E-state index in [0.717, 1.165) is 5.56 Å². The minimum Gasteiger partial charge on any atom is -0.480 e. The van der Waals surface area contributed by atoms with E-state index in [1.54, 1.807) is 24.5 Å². The molecule has 4 N–H and O–H groups in total. The summed E-state index contributed by atoms with van der Waals surface area (Å²) in [7, 11) is 0. The number of carbonyl (C=O) groups is 3. The van der Waals surface area contributed by atoms with Crippen LogP contribution < -0.4 is 10.6 Å². The summed E-state index contributed by atoms with van der Waals surface area (Å²) in [6, 6.07) is 1.05. The van der Waals surface area contributed by atoms with Crippen molar-refractivity contribution in [3.8, 4) is 0 Å². The quantitative estimate of drug-likeness (QED) is 0.494. The summed E-state index contributed by atoms with van der Waals surface area (Å²) >= 11 is 0. The Hall–Kier alpha value is -2.48. The van der Waals surface area contributed by atoms with E-state index in [0.29, 0.717) is 0 Å². The van der Waals surface area contributed by atoms with Crippen LogP contribution >= 0.6 is 0 Å². The molecule has 2 atom stereocenters. The summed E-state index contributed by atoms with van der Waals surface area (Å²) in [6.45, 7) is 0.703. The lowest BCUT2D eigenvalue weighted by Gasteiger charge is -2.17. The van der Waals surface area contributed by atoms with E-state index in [2.05, 4.69) is 15.6 Å². The van der Waals surface area contributed by atoms with Crippen LogP contribution in [0.15, 0.2) is 24.5 Å². The molecule has 8 nitrogen and oxygen atoms in total. The van der Waals surface area contributed by atoms with Crippen molar-refractivity contribution >= 4 is 17.8 Å². The summed E-state index contributed by atoms with van der Waals surface area (Å²) in [5.74, 6) is -2.40. The molecule has 0 unspecified atom stereocenters. The number of amides is 2. The number of pyridine rings is 1. The minimum atomic E-state index is -1.39. The highest BCUT2D eigenvalue weighted by molar-refractivity contribution is 5.90. The normalized spacial score (nSPS) is 13.0. The van der Waals surface area contributed by atoms with Gasteiger partial charge in [0.25, 0.3) is 0 Å². The lowest BCUT2D eigenvalue weighted by molar-refractivity contribution is -0.143. The third-order valence-corrected chi connectivity index (χ3v) is 2.68. The van der Waals surface area contributed by atoms with Gasteiger partial charge in [-0.15, -0.1) is 0 Å². The topological polar surface area (TPSA) is 129 Å². The Balaban J connectivity index is 2.48. The molecule has 0 saturated heterocycles. The van der Waals surface area contributed by atoms with Crippen molar-refractivity contribution in [1.29, 1.82) is 0 Å². The second-order valence-corrected chi connectivity index (χ2v) is 4.40. The van der Waals surface area contributed by atoms with Crippen molar-refractivity contribution in [1.82, 2.24) is 15.6 Å². The summed E-state index contributed by atoms with van der Waals surface area (Å²) in [5.41, 5.74) is 0.744. The number of carboxylic acid groups (broad SMARTS) is 1. The molecule has 1 heterocycles. The van der Waals surface area contributed by atoms with Gasteiger partial charge in [-0.25, -0.2) is 4.79 Å². The first-order valence-corrected chi connectivity index (χ1v) is 6.26. The Morgan fingerprint density at radius 3 is 2.38 bits per heavy atom. The van der Waals surface area contributed by atoms with Gasteiger partial charge >= 0.3 is 5.97 Å². The van der Waals surface area contributed by atoms with Gasteiger partial charge in [0.15, 0.2) is 0 Å². The molecular weight excluding hydrogens is 278 g/mol. The number of aliphatic hydroxyl groups is 1. The van der Waals surface area contributed by atoms with Crippen LogP contribution in [0.3, 0.4) is 0 Å². The van der Waals surface area contributed by atoms with Crippen LogP contribution in [-0.2, 0) is 20.8 Å². The number of carbonyl (C=O) groups excluding carboxylic acids is 2. The van der Waals surface area contributed by atoms with Crippen LogP contribution in [0.25, 0.3) is 0 Å². The minimum absolute atomic E-state index is 0.0858. The van der Waals surface area contributed by atoms with E-state index in [-0.39, 0.29) is 12.3 Å². The lowest BCUT2D eigenvalue weighted by Crippen LogP contribution is -2.51. The molecule has 8 heteroatoms. The molecule has 0 aliphatic heterocycles. The highest BCUT2D eigenvalue weighted by Crippen LogP contribution is 1.98. The van der Waals surface area contributed by atoms with Crippen LogP contribution in [-0.4, -0.2) is 51.7 Å². The average Bonchev–Trinajstić information content (AvgIpc) is 2.44. The van der Waals surface area contributed by atoms with Crippen LogP contribution in [0.2, 0.25) is 0 Å². The maximum absolute atomic E-state index is 11.7. The molecule has 0 saturated carbocycles. The summed E-state index contributed by atoms with van der Waals surface area (Å²) < 4.78 is 0. The molecule has 0 bridgehead atoms. The second-order valence-electron chi connectivity index (χ2n) is 4.40. The van der Waals surface area contributed by atoms with Crippen molar-refractivity contribution in [3.63, 3.8) is 0 Å². The predicted molar refractivity (Wildman–Crippen MR) is 72.2 cm³/mol. The van der Waals surface area contributed by atoms with Crippen LogP contribution in [0, 0.1) is 0 Å². The van der Waals surface area contributed by atoms with Gasteiger partial charge in [0.2, 0.25) is 11.8 Å². The third-order valence-electron chi connectivity index (χ3n) is 2.68. The largest absolute Gasteiger partial charge is 0.480 e. The van der Waals surface area contributed by atoms with Crippen molar-refractivity contribution in [2.75, 3.05) is 6.61 Å². The van der Waals surface area contributed by atoms with Gasteiger partial charge in [-0.2, -0.15) is 0 Å². The van der Waals surface area contributed by atoms with Gasteiger partial charge in [0, 0.05) is 12.4 Å². The molecule has 1 rings (SSSR count). The van der Waals surface area contributed by atoms with Gasteiger partial charge in [-0.1, -0.05) is 0 Å². The first kappa shape index (κ1) is 16.6. The number of rotatable bonds is 7.